The first-order valence-corrected chi connectivity index (χ1v) is 25.9. The second-order valence-electron chi connectivity index (χ2n) is 20.6. The second kappa shape index (κ2) is 17.0. The van der Waals surface area contributed by atoms with Gasteiger partial charge in [0, 0.05) is 27.9 Å². The minimum absolute atomic E-state index is 0.0417. The van der Waals surface area contributed by atoms with Crippen molar-refractivity contribution >= 4 is 29.2 Å². The molecule has 10 aromatic rings. The summed E-state index contributed by atoms with van der Waals surface area (Å²) in [6.45, 7) is 9.47. The minimum Gasteiger partial charge on any atom is -0.310 e. The molecule has 0 radical (unpaired) electrons. The van der Waals surface area contributed by atoms with E-state index in [0.29, 0.717) is 0 Å². The third kappa shape index (κ3) is 6.46. The molecule has 10 aromatic carbocycles. The van der Waals surface area contributed by atoms with Gasteiger partial charge in [-0.2, -0.15) is 0 Å². The first-order chi connectivity index (χ1) is 35.3. The fourth-order valence-corrected chi connectivity index (χ4v) is 13.3. The Balaban J connectivity index is 0.856. The van der Waals surface area contributed by atoms with Crippen LogP contribution in [0.15, 0.2) is 237 Å². The van der Waals surface area contributed by atoms with Crippen molar-refractivity contribution in [2.45, 2.75) is 56.8 Å². The molecule has 3 aliphatic carbocycles. The van der Waals surface area contributed by atoms with Crippen LogP contribution in [0.2, 0.25) is 0 Å². The maximum Gasteiger partial charge on any atom is 0.0713 e. The molecule has 0 fully saturated rings. The van der Waals surface area contributed by atoms with Gasteiger partial charge >= 0.3 is 0 Å². The Morgan fingerprint density at radius 2 is 0.875 bits per heavy atom. The molecule has 1 heteroatoms. The van der Waals surface area contributed by atoms with Gasteiger partial charge in [0.05, 0.1) is 5.41 Å². The number of nitrogens with zero attached hydrogens (tertiary/aromatic N) is 1. The maximum absolute atomic E-state index is 2.50. The lowest BCUT2D eigenvalue weighted by Crippen LogP contribution is -2.28. The summed E-state index contributed by atoms with van der Waals surface area (Å²) < 4.78 is 0. The van der Waals surface area contributed by atoms with E-state index in [1.54, 1.807) is 0 Å². The van der Waals surface area contributed by atoms with Crippen molar-refractivity contribution in [2.75, 3.05) is 4.90 Å². The molecule has 0 spiro atoms. The molecule has 0 unspecified atom stereocenters. The van der Waals surface area contributed by atoms with Crippen LogP contribution in [0.1, 0.15) is 96.2 Å². The average molecular weight is 924 g/mol. The molecule has 3 aliphatic rings. The normalized spacial score (nSPS) is 14.8. The third-order valence-electron chi connectivity index (χ3n) is 16.9. The third-order valence-corrected chi connectivity index (χ3v) is 16.9. The predicted octanol–water partition coefficient (Wildman–Crippen LogP) is 18.7. The number of rotatable bonds is 10. The highest BCUT2D eigenvalue weighted by atomic mass is 15.1. The van der Waals surface area contributed by atoms with Gasteiger partial charge in [-0.25, -0.2) is 0 Å². The van der Waals surface area contributed by atoms with Crippen LogP contribution in [0.3, 0.4) is 0 Å². The fourth-order valence-electron chi connectivity index (χ4n) is 13.3. The highest BCUT2D eigenvalue weighted by Gasteiger charge is 2.47. The maximum atomic E-state index is 2.50. The molecule has 0 amide bonds. The van der Waals surface area contributed by atoms with Gasteiger partial charge in [-0.05, 0) is 155 Å². The molecule has 0 aliphatic heterocycles. The Bertz CT molecular complexity index is 3680. The summed E-state index contributed by atoms with van der Waals surface area (Å²) in [6.07, 6.45) is 6.72. The van der Waals surface area contributed by atoms with Crippen molar-refractivity contribution in [1.29, 1.82) is 0 Å². The first kappa shape index (κ1) is 43.7. The molecule has 13 rings (SSSR count). The monoisotopic (exact) mass is 923 g/mol. The Morgan fingerprint density at radius 3 is 1.57 bits per heavy atom. The van der Waals surface area contributed by atoms with Crippen LogP contribution in [-0.4, -0.2) is 0 Å². The predicted molar refractivity (Wildman–Crippen MR) is 304 cm³/mol. The van der Waals surface area contributed by atoms with E-state index in [1.807, 2.05) is 0 Å². The van der Waals surface area contributed by atoms with E-state index in [-0.39, 0.29) is 10.8 Å². The molecule has 0 heterocycles. The zero-order chi connectivity index (χ0) is 48.6. The van der Waals surface area contributed by atoms with Crippen LogP contribution < -0.4 is 4.90 Å². The van der Waals surface area contributed by atoms with Gasteiger partial charge in [0.2, 0.25) is 0 Å². The van der Waals surface area contributed by atoms with Gasteiger partial charge in [0.15, 0.2) is 0 Å². The van der Waals surface area contributed by atoms with Crippen LogP contribution in [0.25, 0.3) is 56.7 Å². The highest BCUT2D eigenvalue weighted by Crippen LogP contribution is 2.58. The van der Waals surface area contributed by atoms with Crippen LogP contribution >= 0.6 is 0 Å². The molecule has 0 bridgehead atoms. The molecule has 1 nitrogen and oxygen atoms in total. The lowest BCUT2D eigenvalue weighted by molar-refractivity contribution is 0.490. The summed E-state index contributed by atoms with van der Waals surface area (Å²) in [5, 5.41) is 0. The zero-order valence-corrected chi connectivity index (χ0v) is 41.5. The lowest BCUT2D eigenvalue weighted by atomic mass is 9.67. The standard InChI is InChI=1S/C71H57N/c1-5-70(6-2)66-45-48(33-35-50-21-20-32-64-68(50)61-29-17-19-31-63(61)71(64,52-22-10-7-11-23-52)53-24-12-8-13-25-53)34-42-59(66)60-44-41-56(47-67(60)70)72(54-26-14-9-15-27-54)55-39-36-49(37-40-55)51-38-43-58-57-28-16-18-30-62(57)69(3,4)65(58)46-51/h7-47H,5-6H2,1-4H3/b35-33+. The second-order valence-corrected chi connectivity index (χ2v) is 20.6. The van der Waals surface area contributed by atoms with Gasteiger partial charge in [0.25, 0.3) is 0 Å². The van der Waals surface area contributed by atoms with Crippen LogP contribution in [0.4, 0.5) is 17.1 Å². The minimum atomic E-state index is -0.425. The van der Waals surface area contributed by atoms with Crippen LogP contribution in [0, 0.1) is 0 Å². The van der Waals surface area contributed by atoms with E-state index in [1.165, 1.54) is 106 Å². The fraction of sp³-hybridized carbons (Fsp3) is 0.127. The molecule has 0 N–H and O–H groups in total. The molecule has 0 atom stereocenters. The number of benzene rings is 10. The van der Waals surface area contributed by atoms with Crippen molar-refractivity contribution in [3.05, 3.63) is 292 Å². The van der Waals surface area contributed by atoms with Crippen molar-refractivity contribution in [3.8, 4) is 44.5 Å². The molecular weight excluding hydrogens is 867 g/mol. The number of hydrogen-bond acceptors (Lipinski definition) is 1. The van der Waals surface area contributed by atoms with E-state index in [9.17, 15) is 0 Å². The zero-order valence-electron chi connectivity index (χ0n) is 41.5. The van der Waals surface area contributed by atoms with Crippen molar-refractivity contribution < 1.29 is 0 Å². The topological polar surface area (TPSA) is 3.24 Å². The molecule has 0 saturated carbocycles. The van der Waals surface area contributed by atoms with E-state index < -0.39 is 5.41 Å². The number of hydrogen-bond donors (Lipinski definition) is 0. The average Bonchev–Trinajstić information content (AvgIpc) is 3.99. The van der Waals surface area contributed by atoms with Crippen molar-refractivity contribution in [1.82, 2.24) is 0 Å². The summed E-state index contributed by atoms with van der Waals surface area (Å²) in [6, 6.07) is 88.5. The van der Waals surface area contributed by atoms with Gasteiger partial charge in [-0.15, -0.1) is 0 Å². The number of fused-ring (bicyclic) bond motifs is 9. The largest absolute Gasteiger partial charge is 0.310 e. The molecule has 346 valence electrons. The number of para-hydroxylation sites is 1. The number of anilines is 3. The summed E-state index contributed by atoms with van der Waals surface area (Å²) in [7, 11) is 0. The smallest absolute Gasteiger partial charge is 0.0713 e. The summed E-state index contributed by atoms with van der Waals surface area (Å²) in [5.41, 5.74) is 26.7. The van der Waals surface area contributed by atoms with E-state index in [4.69, 9.17) is 0 Å². The van der Waals surface area contributed by atoms with E-state index in [0.717, 1.165) is 24.2 Å². The molecular formula is C71H57N. The van der Waals surface area contributed by atoms with Gasteiger partial charge in [0.1, 0.15) is 0 Å². The van der Waals surface area contributed by atoms with Gasteiger partial charge < -0.3 is 4.90 Å². The van der Waals surface area contributed by atoms with Gasteiger partial charge in [-0.3, -0.25) is 0 Å². The quantitative estimate of drug-likeness (QED) is 0.124. The Hall–Kier alpha value is -8.26. The van der Waals surface area contributed by atoms with Crippen LogP contribution in [-0.2, 0) is 16.2 Å². The highest BCUT2D eigenvalue weighted by molar-refractivity contribution is 5.94. The van der Waals surface area contributed by atoms with E-state index >= 15 is 0 Å². The summed E-state index contributed by atoms with van der Waals surface area (Å²) >= 11 is 0. The van der Waals surface area contributed by atoms with Crippen molar-refractivity contribution in [3.63, 3.8) is 0 Å². The Morgan fingerprint density at radius 1 is 0.361 bits per heavy atom. The first-order valence-electron chi connectivity index (χ1n) is 25.9. The molecule has 0 saturated heterocycles. The summed E-state index contributed by atoms with van der Waals surface area (Å²) in [4.78, 5) is 2.43. The SMILES string of the molecule is CCC1(CC)c2cc(/C=C/c3cccc4c3-c3ccccc3C4(c3ccccc3)c3ccccc3)ccc2-c2ccc(N(c3ccccc3)c3ccc(-c4ccc5c(c4)C(C)(C)c4ccccc4-5)cc3)cc21. The van der Waals surface area contributed by atoms with Crippen LogP contribution in [0.5, 0.6) is 0 Å². The van der Waals surface area contributed by atoms with Gasteiger partial charge in [-0.1, -0.05) is 234 Å². The summed E-state index contributed by atoms with van der Waals surface area (Å²) in [5.74, 6) is 0. The molecule has 72 heavy (non-hydrogen) atoms. The van der Waals surface area contributed by atoms with E-state index in [2.05, 4.69) is 281 Å². The Labute approximate surface area is 425 Å². The molecule has 0 aromatic heterocycles. The Kier molecular flexibility index (Phi) is 10.3. The van der Waals surface area contributed by atoms with Crippen molar-refractivity contribution in [2.24, 2.45) is 0 Å². The lowest BCUT2D eigenvalue weighted by Gasteiger charge is -2.33.